The Morgan fingerprint density at radius 3 is 1.95 bits per heavy atom. The number of carboxylic acid groups (broad SMARTS) is 2. The molecule has 4 atom stereocenters. The van der Waals surface area contributed by atoms with Gasteiger partial charge in [0.05, 0.1) is 12.9 Å². The van der Waals surface area contributed by atoms with Crippen LogP contribution in [0.2, 0.25) is 0 Å². The number of amides is 4. The largest absolute Gasteiger partial charge is 0.481 e. The van der Waals surface area contributed by atoms with Crippen molar-refractivity contribution in [3.8, 4) is 0 Å². The molecule has 4 amide bonds. The van der Waals surface area contributed by atoms with Crippen molar-refractivity contribution >= 4 is 35.6 Å². The maximum Gasteiger partial charge on any atom is 0.326 e. The maximum atomic E-state index is 13.5. The molecule has 1 aromatic carbocycles. The van der Waals surface area contributed by atoms with E-state index in [0.717, 1.165) is 0 Å². The van der Waals surface area contributed by atoms with Gasteiger partial charge in [0, 0.05) is 31.2 Å². The molecule has 2 aromatic rings. The first kappa shape index (κ1) is 34.4. The van der Waals surface area contributed by atoms with Gasteiger partial charge in [0.2, 0.25) is 23.6 Å². The van der Waals surface area contributed by atoms with Gasteiger partial charge in [-0.25, -0.2) is 9.78 Å². The third-order valence-corrected chi connectivity index (χ3v) is 6.33. The summed E-state index contributed by atoms with van der Waals surface area (Å²) in [5.74, 6) is -5.52. The van der Waals surface area contributed by atoms with Crippen LogP contribution >= 0.6 is 0 Å². The van der Waals surface area contributed by atoms with Crippen LogP contribution in [0.25, 0.3) is 0 Å². The summed E-state index contributed by atoms with van der Waals surface area (Å²) in [6.45, 7) is 3.31. The smallest absolute Gasteiger partial charge is 0.326 e. The zero-order valence-corrected chi connectivity index (χ0v) is 24.0. The lowest BCUT2D eigenvalue weighted by Crippen LogP contribution is -2.59. The van der Waals surface area contributed by atoms with Gasteiger partial charge in [-0.1, -0.05) is 44.2 Å². The molecule has 0 aliphatic carbocycles. The average molecular weight is 602 g/mol. The number of aromatic amines is 1. The fourth-order valence-electron chi connectivity index (χ4n) is 4.18. The molecule has 0 aliphatic rings. The van der Waals surface area contributed by atoms with E-state index >= 15 is 0 Å². The summed E-state index contributed by atoms with van der Waals surface area (Å²) in [6.07, 6.45) is 2.26. The van der Waals surface area contributed by atoms with Crippen LogP contribution in [-0.2, 0) is 41.6 Å². The standard InChI is InChI=1S/C28H39N7O8/c1-16(2)10-20(34-27(41)22(32-23(36)13-29)12-18-14-30-15-31-18)25(39)35-21(11-17-6-4-3-5-7-17)26(40)33-19(28(42)43)8-9-24(37)38/h3-7,14-16,19-22H,8-13,29H2,1-2H3,(H,30,31)(H,32,36)(H,33,40)(H,34,41)(H,35,39)(H,37,38)(H,42,43)/t19-,20-,21-,22-/m0/s1. The van der Waals surface area contributed by atoms with Crippen LogP contribution in [0.15, 0.2) is 42.9 Å². The lowest BCUT2D eigenvalue weighted by Gasteiger charge is -2.27. The van der Waals surface area contributed by atoms with E-state index in [1.807, 2.05) is 13.8 Å². The summed E-state index contributed by atoms with van der Waals surface area (Å²) >= 11 is 0. The molecule has 0 aliphatic heterocycles. The zero-order valence-electron chi connectivity index (χ0n) is 24.0. The highest BCUT2D eigenvalue weighted by Gasteiger charge is 2.32. The van der Waals surface area contributed by atoms with Gasteiger partial charge >= 0.3 is 11.9 Å². The minimum absolute atomic E-state index is 0.0129. The Balaban J connectivity index is 2.28. The average Bonchev–Trinajstić information content (AvgIpc) is 3.47. The number of benzene rings is 1. The first-order chi connectivity index (χ1) is 20.4. The third kappa shape index (κ3) is 12.3. The van der Waals surface area contributed by atoms with Crippen molar-refractivity contribution in [3.05, 3.63) is 54.1 Å². The summed E-state index contributed by atoms with van der Waals surface area (Å²) in [5.41, 5.74) is 6.63. The van der Waals surface area contributed by atoms with Crippen LogP contribution in [0.4, 0.5) is 0 Å². The highest BCUT2D eigenvalue weighted by molar-refractivity contribution is 5.95. The summed E-state index contributed by atoms with van der Waals surface area (Å²) < 4.78 is 0. The molecule has 0 unspecified atom stereocenters. The van der Waals surface area contributed by atoms with Gasteiger partial charge in [-0.3, -0.25) is 24.0 Å². The minimum Gasteiger partial charge on any atom is -0.481 e. The first-order valence-corrected chi connectivity index (χ1v) is 13.8. The Bertz CT molecular complexity index is 1240. The predicted molar refractivity (Wildman–Crippen MR) is 153 cm³/mol. The number of aliphatic carboxylic acids is 2. The normalized spacial score (nSPS) is 13.7. The minimum atomic E-state index is -1.50. The van der Waals surface area contributed by atoms with Crippen LogP contribution in [0.1, 0.15) is 44.4 Å². The predicted octanol–water partition coefficient (Wildman–Crippen LogP) is -0.912. The van der Waals surface area contributed by atoms with Crippen LogP contribution in [0.5, 0.6) is 0 Å². The third-order valence-electron chi connectivity index (χ3n) is 6.33. The van der Waals surface area contributed by atoms with Gasteiger partial charge in [-0.15, -0.1) is 0 Å². The fourth-order valence-corrected chi connectivity index (χ4v) is 4.18. The van der Waals surface area contributed by atoms with Gasteiger partial charge in [-0.2, -0.15) is 0 Å². The number of nitrogens with zero attached hydrogens (tertiary/aromatic N) is 1. The molecular formula is C28H39N7O8. The number of nitrogens with one attached hydrogen (secondary N) is 5. The van der Waals surface area contributed by atoms with Crippen molar-refractivity contribution in [1.29, 1.82) is 0 Å². The van der Waals surface area contributed by atoms with E-state index in [2.05, 4.69) is 31.2 Å². The lowest BCUT2D eigenvalue weighted by molar-refractivity contribution is -0.143. The van der Waals surface area contributed by atoms with E-state index in [-0.39, 0.29) is 38.1 Å². The van der Waals surface area contributed by atoms with Crippen LogP contribution in [0, 0.1) is 5.92 Å². The zero-order chi connectivity index (χ0) is 31.9. The molecule has 0 saturated carbocycles. The number of imidazole rings is 1. The number of carbonyl (C=O) groups is 6. The number of hydrogen-bond acceptors (Lipinski definition) is 8. The first-order valence-electron chi connectivity index (χ1n) is 13.8. The van der Waals surface area contributed by atoms with Gasteiger partial charge in [-0.05, 0) is 24.3 Å². The Morgan fingerprint density at radius 2 is 1.42 bits per heavy atom. The number of H-pyrrole nitrogens is 1. The number of rotatable bonds is 18. The van der Waals surface area contributed by atoms with E-state index in [4.69, 9.17) is 10.8 Å². The van der Waals surface area contributed by atoms with Crippen LogP contribution in [0.3, 0.4) is 0 Å². The molecule has 0 spiro atoms. The van der Waals surface area contributed by atoms with Gasteiger partial charge in [0.15, 0.2) is 0 Å². The topological polar surface area (TPSA) is 246 Å². The number of hydrogen-bond donors (Lipinski definition) is 8. The molecule has 9 N–H and O–H groups in total. The van der Waals surface area contributed by atoms with Crippen molar-refractivity contribution in [3.63, 3.8) is 0 Å². The fraction of sp³-hybridized carbons (Fsp3) is 0.464. The highest BCUT2D eigenvalue weighted by Crippen LogP contribution is 2.10. The molecule has 0 saturated heterocycles. The number of aromatic nitrogens is 2. The van der Waals surface area contributed by atoms with E-state index in [1.54, 1.807) is 30.3 Å². The molecule has 1 heterocycles. The molecule has 15 heteroatoms. The maximum absolute atomic E-state index is 13.5. The Hall–Kier alpha value is -4.79. The van der Waals surface area contributed by atoms with Crippen molar-refractivity contribution in [1.82, 2.24) is 31.2 Å². The molecule has 234 valence electrons. The Kier molecular flexibility index (Phi) is 13.8. The Morgan fingerprint density at radius 1 is 0.837 bits per heavy atom. The molecule has 0 radical (unpaired) electrons. The molecule has 15 nitrogen and oxygen atoms in total. The molecule has 43 heavy (non-hydrogen) atoms. The van der Waals surface area contributed by atoms with E-state index in [1.165, 1.54) is 12.5 Å². The van der Waals surface area contributed by atoms with Crippen molar-refractivity contribution in [2.24, 2.45) is 11.7 Å². The quantitative estimate of drug-likeness (QED) is 0.104. The van der Waals surface area contributed by atoms with Crippen molar-refractivity contribution in [2.75, 3.05) is 6.54 Å². The SMILES string of the molecule is CC(C)C[C@H](NC(=O)[C@H](Cc1cnc[nH]1)NC(=O)CN)C(=O)N[C@@H](Cc1ccccc1)C(=O)N[C@@H](CCC(=O)O)C(=O)O. The molecule has 2 rings (SSSR count). The summed E-state index contributed by atoms with van der Waals surface area (Å²) in [6, 6.07) is 3.70. The van der Waals surface area contributed by atoms with E-state index in [0.29, 0.717) is 11.3 Å². The van der Waals surface area contributed by atoms with Gasteiger partial charge in [0.25, 0.3) is 0 Å². The monoisotopic (exact) mass is 601 g/mol. The second-order valence-corrected chi connectivity index (χ2v) is 10.4. The summed E-state index contributed by atoms with van der Waals surface area (Å²) in [5, 5.41) is 28.6. The second-order valence-electron chi connectivity index (χ2n) is 10.4. The number of carboxylic acids is 2. The van der Waals surface area contributed by atoms with Crippen LogP contribution in [-0.4, -0.2) is 86.5 Å². The second kappa shape index (κ2) is 17.2. The highest BCUT2D eigenvalue weighted by atomic mass is 16.4. The molecule has 1 aromatic heterocycles. The number of carbonyl (C=O) groups excluding carboxylic acids is 4. The van der Waals surface area contributed by atoms with E-state index in [9.17, 15) is 33.9 Å². The van der Waals surface area contributed by atoms with Gasteiger partial charge in [0.1, 0.15) is 24.2 Å². The van der Waals surface area contributed by atoms with E-state index < -0.39 is 66.2 Å². The number of nitrogens with two attached hydrogens (primary N) is 1. The molecular weight excluding hydrogens is 562 g/mol. The molecule has 0 fully saturated rings. The van der Waals surface area contributed by atoms with Crippen molar-refractivity contribution in [2.45, 2.75) is 70.1 Å². The summed E-state index contributed by atoms with van der Waals surface area (Å²) in [4.78, 5) is 81.5. The van der Waals surface area contributed by atoms with Gasteiger partial charge < -0.3 is 42.2 Å². The van der Waals surface area contributed by atoms with Crippen molar-refractivity contribution < 1.29 is 39.0 Å². The summed E-state index contributed by atoms with van der Waals surface area (Å²) in [7, 11) is 0. The lowest BCUT2D eigenvalue weighted by atomic mass is 10.00. The Labute approximate surface area is 248 Å². The van der Waals surface area contributed by atoms with Crippen LogP contribution < -0.4 is 27.0 Å². The molecule has 0 bridgehead atoms.